The first kappa shape index (κ1) is 20.8. The van der Waals surface area contributed by atoms with Crippen molar-refractivity contribution >= 4 is 11.6 Å². The normalized spacial score (nSPS) is 1.50. The van der Waals surface area contributed by atoms with Gasteiger partial charge >= 0.3 is 0 Å². The Bertz CT molecular complexity index is 8.00. The van der Waals surface area contributed by atoms with Gasteiger partial charge in [-0.2, -0.15) is 0 Å². The van der Waals surface area contributed by atoms with Crippen LogP contribution < -0.4 is 0 Å². The summed E-state index contributed by atoms with van der Waals surface area (Å²) in [4.78, 5) is 0. The van der Waals surface area contributed by atoms with Crippen LogP contribution in [0.2, 0.25) is 0 Å². The van der Waals surface area contributed by atoms with Crippen molar-refractivity contribution in [3.8, 4) is 0 Å². The molecule has 0 radical (unpaired) electrons. The molecule has 4 heavy (non-hydrogen) atoms. The molecule has 0 aliphatic rings. The third kappa shape index (κ3) is 13.2. The van der Waals surface area contributed by atoms with Gasteiger partial charge in [-0.25, -0.2) is 0 Å². The van der Waals surface area contributed by atoms with Gasteiger partial charge in [0.2, 0.25) is 0 Å². The molecule has 0 bridgehead atoms. The minimum atomic E-state index is 0. The van der Waals surface area contributed by atoms with Gasteiger partial charge in [-0.05, 0) is 0 Å². The minimum absolute atomic E-state index is 0. The Morgan fingerprint density at radius 1 is 1.25 bits per heavy atom. The van der Waals surface area contributed by atoms with Gasteiger partial charge in [0.25, 0.3) is 0 Å². The maximum Gasteiger partial charge on any atom is 0 e. The molecule has 0 fully saturated rings. The van der Waals surface area contributed by atoms with E-state index in [2.05, 4.69) is 18.0 Å². The Balaban J connectivity index is -0.00000000500. The van der Waals surface area contributed by atoms with Crippen molar-refractivity contribution in [1.82, 2.24) is 0 Å². The summed E-state index contributed by atoms with van der Waals surface area (Å²) >= 11 is 4.39. The predicted octanol–water partition coefficient (Wildman–Crippen LogP) is 0.190. The van der Waals surface area contributed by atoms with Crippen molar-refractivity contribution in [1.29, 1.82) is 0 Å². The molecule has 0 aliphatic heterocycles. The summed E-state index contributed by atoms with van der Waals surface area (Å²) in [6, 6.07) is 0. The SMILES string of the molecule is O.[CH2-]Cl.[Zn]. The molecule has 3 heteroatoms. The zero-order chi connectivity index (χ0) is 2.00. The molecule has 0 aromatic rings. The van der Waals surface area contributed by atoms with E-state index in [1.54, 1.807) is 0 Å². The Kier molecular flexibility index (Phi) is 218. The van der Waals surface area contributed by atoms with Crippen molar-refractivity contribution < 1.29 is 25.0 Å². The number of rotatable bonds is 0. The molecule has 0 aliphatic carbocycles. The molecule has 0 rings (SSSR count). The van der Waals surface area contributed by atoms with Crippen LogP contribution in [0.25, 0.3) is 0 Å². The topological polar surface area (TPSA) is 31.5 Å². The van der Waals surface area contributed by atoms with Crippen LogP contribution in [0.4, 0.5) is 0 Å². The molecule has 0 amide bonds. The largest absolute Gasteiger partial charge is 0.412 e. The minimum Gasteiger partial charge on any atom is -0.412 e. The van der Waals surface area contributed by atoms with Crippen LogP contribution in [0, 0.1) is 6.38 Å². The number of hydrogen-bond donors (Lipinski definition) is 0. The first-order chi connectivity index (χ1) is 1.00. The van der Waals surface area contributed by atoms with E-state index in [1.165, 1.54) is 0 Å². The van der Waals surface area contributed by atoms with Gasteiger partial charge < -0.3 is 17.1 Å². The molecule has 1 nitrogen and oxygen atoms in total. The summed E-state index contributed by atoms with van der Waals surface area (Å²) in [6.45, 7) is 0. The van der Waals surface area contributed by atoms with Crippen molar-refractivity contribution in [3.05, 3.63) is 6.38 Å². The van der Waals surface area contributed by atoms with Crippen LogP contribution in [0.1, 0.15) is 0 Å². The van der Waals surface area contributed by atoms with Gasteiger partial charge in [0.15, 0.2) is 0 Å². The first-order valence-corrected chi connectivity index (χ1v) is 0.802. The molecule has 0 heterocycles. The average molecular weight is 133 g/mol. The van der Waals surface area contributed by atoms with Gasteiger partial charge in [-0.15, -0.1) is 0 Å². The van der Waals surface area contributed by atoms with Crippen molar-refractivity contribution in [2.24, 2.45) is 0 Å². The van der Waals surface area contributed by atoms with Gasteiger partial charge in [0.1, 0.15) is 0 Å². The fourth-order valence-corrected chi connectivity index (χ4v) is 0. The van der Waals surface area contributed by atoms with Crippen LogP contribution in [-0.4, -0.2) is 5.48 Å². The van der Waals surface area contributed by atoms with Crippen LogP contribution in [0.5, 0.6) is 0 Å². The van der Waals surface area contributed by atoms with Gasteiger partial charge in [0.05, 0.1) is 0 Å². The maximum atomic E-state index is 4.39. The van der Waals surface area contributed by atoms with Crippen LogP contribution >= 0.6 is 11.6 Å². The molecule has 0 saturated carbocycles. The van der Waals surface area contributed by atoms with E-state index in [0.29, 0.717) is 0 Å². The molecule has 0 saturated heterocycles. The first-order valence-electron chi connectivity index (χ1n) is 0.267. The summed E-state index contributed by atoms with van der Waals surface area (Å²) in [5.74, 6) is 0. The zero-order valence-electron chi connectivity index (χ0n) is 2.29. The van der Waals surface area contributed by atoms with E-state index in [9.17, 15) is 0 Å². The summed E-state index contributed by atoms with van der Waals surface area (Å²) in [5, 5.41) is 0. The second-order valence-corrected chi connectivity index (χ2v) is 0. The van der Waals surface area contributed by atoms with Crippen LogP contribution in [0.3, 0.4) is 0 Å². The second-order valence-electron chi connectivity index (χ2n) is 0. The Morgan fingerprint density at radius 2 is 1.25 bits per heavy atom. The van der Waals surface area contributed by atoms with Crippen molar-refractivity contribution in [2.45, 2.75) is 0 Å². The molecule has 0 spiro atoms. The number of halogens is 1. The Labute approximate surface area is 43.4 Å². The van der Waals surface area contributed by atoms with Crippen LogP contribution in [-0.2, 0) is 19.5 Å². The van der Waals surface area contributed by atoms with Crippen LogP contribution in [0.15, 0.2) is 0 Å². The molecular weight excluding hydrogens is 129 g/mol. The molecular formula is CH4ClOZn-. The monoisotopic (exact) mass is 131 g/mol. The Morgan fingerprint density at radius 3 is 1.25 bits per heavy atom. The average Bonchev–Trinajstić information content (AvgIpc) is 1.00. The summed E-state index contributed by atoms with van der Waals surface area (Å²) in [5.41, 5.74) is 0. The molecule has 2 N–H and O–H groups in total. The van der Waals surface area contributed by atoms with E-state index in [-0.39, 0.29) is 25.0 Å². The van der Waals surface area contributed by atoms with E-state index < -0.39 is 0 Å². The second kappa shape index (κ2) is 41.9. The van der Waals surface area contributed by atoms with E-state index in [4.69, 9.17) is 0 Å². The molecule has 0 unspecified atom stereocenters. The predicted molar refractivity (Wildman–Crippen MR) is 14.8 cm³/mol. The van der Waals surface area contributed by atoms with E-state index in [1.807, 2.05) is 0 Å². The fourth-order valence-electron chi connectivity index (χ4n) is 0. The fraction of sp³-hybridized carbons (Fsp3) is 0. The van der Waals surface area contributed by atoms with Gasteiger partial charge in [0, 0.05) is 19.5 Å². The Hall–Kier alpha value is 0.873. The van der Waals surface area contributed by atoms with Crippen molar-refractivity contribution in [2.75, 3.05) is 0 Å². The summed E-state index contributed by atoms with van der Waals surface area (Å²) in [6.07, 6.45) is 2.72. The molecule has 0 aromatic carbocycles. The zero-order valence-corrected chi connectivity index (χ0v) is 6.02. The maximum absolute atomic E-state index is 4.39. The summed E-state index contributed by atoms with van der Waals surface area (Å²) in [7, 11) is 0. The van der Waals surface area contributed by atoms with Crippen molar-refractivity contribution in [3.63, 3.8) is 0 Å². The third-order valence-electron chi connectivity index (χ3n) is 0. The van der Waals surface area contributed by atoms with Gasteiger partial charge in [-0.1, -0.05) is 0 Å². The number of hydrogen-bond acceptors (Lipinski definition) is 0. The smallest absolute Gasteiger partial charge is 0 e. The van der Waals surface area contributed by atoms with E-state index in [0.717, 1.165) is 0 Å². The summed E-state index contributed by atoms with van der Waals surface area (Å²) < 4.78 is 0. The quantitative estimate of drug-likeness (QED) is 0.333. The standard InChI is InChI=1S/CH2Cl.H2O.Zn/c1-2;;/h1H2;1H2;/q-1;;. The third-order valence-corrected chi connectivity index (χ3v) is 0. The van der Waals surface area contributed by atoms with E-state index >= 15 is 0 Å². The van der Waals surface area contributed by atoms with Gasteiger partial charge in [-0.3, -0.25) is 6.38 Å². The molecule has 0 aromatic heterocycles. The molecule has 24 valence electrons. The molecule has 0 atom stereocenters.